The third-order valence-corrected chi connectivity index (χ3v) is 3.78. The lowest BCUT2D eigenvalue weighted by Gasteiger charge is -2.11. The summed E-state index contributed by atoms with van der Waals surface area (Å²) in [5.74, 6) is -0.323. The monoisotopic (exact) mass is 346 g/mol. The fourth-order valence-corrected chi connectivity index (χ4v) is 2.48. The van der Waals surface area contributed by atoms with Gasteiger partial charge in [-0.1, -0.05) is 39.7 Å². The van der Waals surface area contributed by atoms with E-state index in [1.54, 1.807) is 6.07 Å². The molecule has 4 heteroatoms. The SMILES string of the molecule is Fc1ccc(Cl)cc1C(Cl)Cc1ccc(Br)cc1. The van der Waals surface area contributed by atoms with Crippen LogP contribution in [0.4, 0.5) is 4.39 Å². The second-order valence-electron chi connectivity index (χ2n) is 3.96. The topological polar surface area (TPSA) is 0 Å². The minimum atomic E-state index is -0.426. The lowest BCUT2D eigenvalue weighted by molar-refractivity contribution is 0.606. The number of benzene rings is 2. The molecule has 0 spiro atoms. The predicted octanol–water partition coefficient (Wildman–Crippen LogP) is 5.76. The molecule has 0 bridgehead atoms. The van der Waals surface area contributed by atoms with Crippen LogP contribution < -0.4 is 0 Å². The summed E-state index contributed by atoms with van der Waals surface area (Å²) < 4.78 is 14.6. The molecule has 18 heavy (non-hydrogen) atoms. The normalized spacial score (nSPS) is 12.4. The zero-order valence-electron chi connectivity index (χ0n) is 9.34. The summed E-state index contributed by atoms with van der Waals surface area (Å²) in [5.41, 5.74) is 1.49. The van der Waals surface area contributed by atoms with Gasteiger partial charge in [0.25, 0.3) is 0 Å². The van der Waals surface area contributed by atoms with E-state index in [-0.39, 0.29) is 5.82 Å². The highest BCUT2D eigenvalue weighted by Gasteiger charge is 2.14. The molecule has 0 saturated carbocycles. The van der Waals surface area contributed by atoms with Crippen LogP contribution in [0, 0.1) is 5.82 Å². The Balaban J connectivity index is 2.18. The van der Waals surface area contributed by atoms with Crippen molar-refractivity contribution in [2.75, 3.05) is 0 Å². The summed E-state index contributed by atoms with van der Waals surface area (Å²) in [6.07, 6.45) is 0.562. The average Bonchev–Trinajstić information content (AvgIpc) is 2.35. The average molecular weight is 348 g/mol. The Morgan fingerprint density at radius 1 is 1.11 bits per heavy atom. The molecule has 0 aliphatic heterocycles. The van der Waals surface area contributed by atoms with E-state index in [4.69, 9.17) is 23.2 Å². The van der Waals surface area contributed by atoms with Crippen molar-refractivity contribution in [3.05, 3.63) is 68.9 Å². The first kappa shape index (κ1) is 13.9. The van der Waals surface area contributed by atoms with Crippen LogP contribution in [0.5, 0.6) is 0 Å². The van der Waals surface area contributed by atoms with E-state index < -0.39 is 5.38 Å². The van der Waals surface area contributed by atoms with Crippen LogP contribution in [0.15, 0.2) is 46.9 Å². The molecular weight excluding hydrogens is 338 g/mol. The minimum Gasteiger partial charge on any atom is -0.207 e. The van der Waals surface area contributed by atoms with Crippen LogP contribution >= 0.6 is 39.1 Å². The Bertz CT molecular complexity index is 540. The van der Waals surface area contributed by atoms with E-state index in [1.165, 1.54) is 12.1 Å². The second-order valence-corrected chi connectivity index (χ2v) is 5.84. The van der Waals surface area contributed by atoms with E-state index in [1.807, 2.05) is 24.3 Å². The highest BCUT2D eigenvalue weighted by Crippen LogP contribution is 2.29. The fraction of sp³-hybridized carbons (Fsp3) is 0.143. The van der Waals surface area contributed by atoms with Crippen molar-refractivity contribution in [1.29, 1.82) is 0 Å². The second kappa shape index (κ2) is 6.05. The van der Waals surface area contributed by atoms with Crippen LogP contribution in [0.25, 0.3) is 0 Å². The summed E-state index contributed by atoms with van der Waals surface area (Å²) in [6, 6.07) is 12.2. The Morgan fingerprint density at radius 3 is 2.44 bits per heavy atom. The van der Waals surface area contributed by atoms with Gasteiger partial charge in [0.2, 0.25) is 0 Å². The van der Waals surface area contributed by atoms with Crippen molar-refractivity contribution in [2.24, 2.45) is 0 Å². The number of hydrogen-bond donors (Lipinski definition) is 0. The zero-order valence-corrected chi connectivity index (χ0v) is 12.4. The van der Waals surface area contributed by atoms with Crippen molar-refractivity contribution in [3.63, 3.8) is 0 Å². The molecule has 0 aromatic heterocycles. The van der Waals surface area contributed by atoms with Crippen LogP contribution in [-0.4, -0.2) is 0 Å². The summed E-state index contributed by atoms with van der Waals surface area (Å²) in [4.78, 5) is 0. The van der Waals surface area contributed by atoms with Crippen LogP contribution in [-0.2, 0) is 6.42 Å². The minimum absolute atomic E-state index is 0.323. The Kier molecular flexibility index (Phi) is 4.66. The largest absolute Gasteiger partial charge is 0.207 e. The maximum absolute atomic E-state index is 13.6. The fourth-order valence-electron chi connectivity index (χ4n) is 1.69. The molecule has 0 N–H and O–H groups in total. The van der Waals surface area contributed by atoms with Gasteiger partial charge in [-0.05, 0) is 42.3 Å². The van der Waals surface area contributed by atoms with Crippen molar-refractivity contribution in [2.45, 2.75) is 11.8 Å². The van der Waals surface area contributed by atoms with Gasteiger partial charge in [0.15, 0.2) is 0 Å². The van der Waals surface area contributed by atoms with Crippen molar-refractivity contribution < 1.29 is 4.39 Å². The molecule has 0 amide bonds. The highest BCUT2D eigenvalue weighted by atomic mass is 79.9. The summed E-state index contributed by atoms with van der Waals surface area (Å²) >= 11 is 15.5. The van der Waals surface area contributed by atoms with E-state index >= 15 is 0 Å². The van der Waals surface area contributed by atoms with Gasteiger partial charge in [0.05, 0.1) is 5.38 Å². The van der Waals surface area contributed by atoms with Crippen molar-refractivity contribution in [1.82, 2.24) is 0 Å². The quantitative estimate of drug-likeness (QED) is 0.619. The van der Waals surface area contributed by atoms with Gasteiger partial charge in [-0.25, -0.2) is 4.39 Å². The maximum atomic E-state index is 13.6. The van der Waals surface area contributed by atoms with E-state index in [0.717, 1.165) is 10.0 Å². The zero-order chi connectivity index (χ0) is 13.1. The summed E-state index contributed by atoms with van der Waals surface area (Å²) in [6.45, 7) is 0. The van der Waals surface area contributed by atoms with E-state index in [9.17, 15) is 4.39 Å². The Morgan fingerprint density at radius 2 is 1.78 bits per heavy atom. The predicted molar refractivity (Wildman–Crippen MR) is 77.9 cm³/mol. The van der Waals surface area contributed by atoms with Gasteiger partial charge in [-0.3, -0.25) is 0 Å². The molecule has 1 atom stereocenters. The molecule has 0 fully saturated rings. The van der Waals surface area contributed by atoms with E-state index in [2.05, 4.69) is 15.9 Å². The molecule has 0 heterocycles. The first-order valence-corrected chi connectivity index (χ1v) is 7.00. The van der Waals surface area contributed by atoms with Gasteiger partial charge in [-0.2, -0.15) is 0 Å². The van der Waals surface area contributed by atoms with Crippen LogP contribution in [0.1, 0.15) is 16.5 Å². The lowest BCUT2D eigenvalue weighted by atomic mass is 10.0. The Hall–Kier alpha value is -0.570. The van der Waals surface area contributed by atoms with Gasteiger partial charge >= 0.3 is 0 Å². The molecule has 0 radical (unpaired) electrons. The van der Waals surface area contributed by atoms with Crippen molar-refractivity contribution >= 4 is 39.1 Å². The molecule has 94 valence electrons. The van der Waals surface area contributed by atoms with Crippen LogP contribution in [0.2, 0.25) is 5.02 Å². The molecule has 0 saturated heterocycles. The maximum Gasteiger partial charge on any atom is 0.128 e. The lowest BCUT2D eigenvalue weighted by Crippen LogP contribution is -1.99. The third kappa shape index (κ3) is 3.47. The number of alkyl halides is 1. The molecule has 0 aliphatic carbocycles. The summed E-state index contributed by atoms with van der Waals surface area (Å²) in [7, 11) is 0. The first-order valence-electron chi connectivity index (χ1n) is 5.40. The molecule has 2 rings (SSSR count). The molecule has 1 unspecified atom stereocenters. The van der Waals surface area contributed by atoms with Gasteiger partial charge in [-0.15, -0.1) is 11.6 Å². The Labute approximate surface area is 124 Å². The summed E-state index contributed by atoms with van der Waals surface area (Å²) in [5, 5.41) is 0.0673. The molecule has 0 nitrogen and oxygen atoms in total. The van der Waals surface area contributed by atoms with E-state index in [0.29, 0.717) is 17.0 Å². The first-order chi connectivity index (χ1) is 8.56. The molecule has 2 aromatic rings. The smallest absolute Gasteiger partial charge is 0.128 e. The number of halogens is 4. The standard InChI is InChI=1S/C14H10BrCl2F/c15-10-3-1-9(2-4-10)7-13(17)12-8-11(16)5-6-14(12)18/h1-6,8,13H,7H2. The molecule has 0 aliphatic rings. The highest BCUT2D eigenvalue weighted by molar-refractivity contribution is 9.10. The van der Waals surface area contributed by atoms with Crippen molar-refractivity contribution in [3.8, 4) is 0 Å². The number of hydrogen-bond acceptors (Lipinski definition) is 0. The van der Waals surface area contributed by atoms with Gasteiger partial charge in [0, 0.05) is 15.1 Å². The molecular formula is C14H10BrCl2F. The third-order valence-electron chi connectivity index (χ3n) is 2.62. The number of rotatable bonds is 3. The van der Waals surface area contributed by atoms with Crippen LogP contribution in [0.3, 0.4) is 0 Å². The molecule has 2 aromatic carbocycles. The van der Waals surface area contributed by atoms with Gasteiger partial charge < -0.3 is 0 Å². The van der Waals surface area contributed by atoms with Gasteiger partial charge in [0.1, 0.15) is 5.82 Å².